The largest absolute Gasteiger partial charge is 0.351 e. The van der Waals surface area contributed by atoms with Gasteiger partial charge < -0.3 is 19.9 Å². The third-order valence-electron chi connectivity index (χ3n) is 20.6. The number of nitrogens with zero attached hydrogens (tertiary/aromatic N) is 3. The molecule has 8 nitrogen and oxygen atoms in total. The smallest absolute Gasteiger partial charge is 0.163 e. The fourth-order valence-electron chi connectivity index (χ4n) is 17.4. The Morgan fingerprint density at radius 3 is 0.977 bits per heavy atom. The van der Waals surface area contributed by atoms with Gasteiger partial charge in [0, 0.05) is 54.1 Å². The zero-order chi connectivity index (χ0) is 60.7. The summed E-state index contributed by atoms with van der Waals surface area (Å²) in [7, 11) is 0. The Hall–Kier alpha value is -8.88. The second-order valence-electron chi connectivity index (χ2n) is 28.5. The summed E-state index contributed by atoms with van der Waals surface area (Å²) in [5.74, 6) is 2.48. The van der Waals surface area contributed by atoms with Crippen LogP contribution in [0.3, 0.4) is 0 Å². The van der Waals surface area contributed by atoms with Crippen LogP contribution in [-0.4, -0.2) is 19.9 Å². The highest BCUT2D eigenvalue weighted by molar-refractivity contribution is 6.27. The zero-order valence-electron chi connectivity index (χ0n) is 53.7. The average molecular weight is 1150 g/mol. The Morgan fingerprint density at radius 1 is 0.318 bits per heavy atom. The standard InChI is InChI=1S/C80H77N8/c1-33(2)49-57-41-25-17-18-26-42(41)58-51(35(5)6)67-68-53(37(9)10)61-45-29-21-22-30-46(45)63-55(39(13)14)71(87-78(63)77(61)85-68)72-56(40(15)16)64-48-32-24-23-31-47(48)62-54(38(11)12)70(86-79(62)80(64)88-72)69-52(36(7)8)60-44-28-20-19-27-43(44)59-50(34(3)4)66(82-75(59)76(60)84-69)65(49)81-73(57)74(58)83-67/h17-40,81-84,87H,1-16H3/q+1. The van der Waals surface area contributed by atoms with Crippen molar-refractivity contribution in [1.82, 2.24) is 19.9 Å². The zero-order valence-corrected chi connectivity index (χ0v) is 53.7. The highest BCUT2D eigenvalue weighted by Crippen LogP contribution is 2.49. The fourth-order valence-corrected chi connectivity index (χ4v) is 17.4. The number of hydrogen-bond donors (Lipinski definition) is 5. The van der Waals surface area contributed by atoms with E-state index in [2.05, 4.69) is 233 Å². The van der Waals surface area contributed by atoms with Crippen molar-refractivity contribution >= 4 is 121 Å². The van der Waals surface area contributed by atoms with Gasteiger partial charge in [0.2, 0.25) is 0 Å². The maximum absolute atomic E-state index is 6.10. The van der Waals surface area contributed by atoms with E-state index in [0.717, 1.165) is 88.0 Å². The first-order valence-electron chi connectivity index (χ1n) is 32.7. The maximum atomic E-state index is 6.10. The summed E-state index contributed by atoms with van der Waals surface area (Å²) in [4.78, 5) is 35.6. The van der Waals surface area contributed by atoms with Gasteiger partial charge in [0.25, 0.3) is 0 Å². The number of aromatic nitrogens is 4. The van der Waals surface area contributed by atoms with Crippen molar-refractivity contribution in [2.24, 2.45) is 38.6 Å². The Kier molecular flexibility index (Phi) is 11.1. The number of fused-ring (bicyclic) bond motifs is 20. The quantitative estimate of drug-likeness (QED) is 0.0959. The third-order valence-corrected chi connectivity index (χ3v) is 20.6. The van der Waals surface area contributed by atoms with Crippen molar-refractivity contribution in [3.8, 4) is 0 Å². The van der Waals surface area contributed by atoms with E-state index in [4.69, 9.17) is 15.0 Å². The molecule has 0 aliphatic carbocycles. The minimum absolute atomic E-state index is 0.131. The third kappa shape index (κ3) is 6.66. The molecule has 0 unspecified atom stereocenters. The van der Waals surface area contributed by atoms with Gasteiger partial charge in [-0.05, 0) is 133 Å². The second-order valence-corrected chi connectivity index (χ2v) is 28.5. The van der Waals surface area contributed by atoms with Gasteiger partial charge in [-0.2, -0.15) is 4.99 Å². The average Bonchev–Trinajstić information content (AvgIpc) is 1.55. The van der Waals surface area contributed by atoms with E-state index in [9.17, 15) is 0 Å². The van der Waals surface area contributed by atoms with Crippen molar-refractivity contribution in [2.75, 3.05) is 5.32 Å². The molecule has 5 N–H and O–H groups in total. The van der Waals surface area contributed by atoms with Crippen molar-refractivity contribution in [2.45, 2.75) is 134 Å². The van der Waals surface area contributed by atoms with Crippen LogP contribution in [-0.2, 0) is 0 Å². The lowest BCUT2D eigenvalue weighted by Gasteiger charge is -2.15. The second kappa shape index (κ2) is 18.4. The molecule has 436 valence electrons. The summed E-state index contributed by atoms with van der Waals surface area (Å²) in [6.07, 6.45) is 0. The molecule has 12 aromatic rings. The molecule has 88 heavy (non-hydrogen) atoms. The molecular weight excluding hydrogens is 1070 g/mol. The summed E-state index contributed by atoms with van der Waals surface area (Å²) in [6.45, 7) is 37.9. The van der Waals surface area contributed by atoms with E-state index in [-0.39, 0.29) is 47.3 Å². The molecule has 5 aliphatic heterocycles. The van der Waals surface area contributed by atoms with Crippen LogP contribution in [0.1, 0.15) is 162 Å². The number of benzene rings is 8. The summed E-state index contributed by atoms with van der Waals surface area (Å²) < 4.78 is 0. The van der Waals surface area contributed by atoms with Crippen molar-refractivity contribution in [3.05, 3.63) is 195 Å². The lowest BCUT2D eigenvalue weighted by Crippen LogP contribution is -2.47. The van der Waals surface area contributed by atoms with Crippen molar-refractivity contribution in [3.63, 3.8) is 0 Å². The topological polar surface area (TPSA) is 112 Å². The van der Waals surface area contributed by atoms with Crippen LogP contribution in [0.5, 0.6) is 0 Å². The van der Waals surface area contributed by atoms with Crippen LogP contribution in [0.2, 0.25) is 0 Å². The minimum atomic E-state index is 0.131. The molecule has 0 spiro atoms. The summed E-state index contributed by atoms with van der Waals surface area (Å²) in [5.41, 5.74) is 19.9. The van der Waals surface area contributed by atoms with Crippen LogP contribution < -0.4 is 47.7 Å². The lowest BCUT2D eigenvalue weighted by atomic mass is 9.82. The molecule has 16 bridgehead atoms. The fraction of sp³-hybridized carbons (Fsp3) is 0.300. The Bertz CT molecular complexity index is 5980. The van der Waals surface area contributed by atoms with Gasteiger partial charge in [-0.1, -0.05) is 182 Å². The molecule has 4 aromatic heterocycles. The lowest BCUT2D eigenvalue weighted by molar-refractivity contribution is 0.712. The molecule has 5 aliphatic rings. The van der Waals surface area contributed by atoms with Crippen molar-refractivity contribution < 1.29 is 0 Å². The number of aromatic amines is 4. The van der Waals surface area contributed by atoms with E-state index in [0.29, 0.717) is 0 Å². The van der Waals surface area contributed by atoms with Gasteiger partial charge in [-0.15, -0.1) is 0 Å². The molecule has 8 aromatic carbocycles. The summed E-state index contributed by atoms with van der Waals surface area (Å²) in [6, 6.07) is 36.7. The van der Waals surface area contributed by atoms with E-state index in [1.54, 1.807) is 0 Å². The number of anilines is 1. The monoisotopic (exact) mass is 1150 g/mol. The van der Waals surface area contributed by atoms with Gasteiger partial charge in [0.1, 0.15) is 16.3 Å². The number of H-pyrrole nitrogens is 4. The first-order chi connectivity index (χ1) is 42.4. The van der Waals surface area contributed by atoms with Crippen molar-refractivity contribution in [1.29, 1.82) is 0 Å². The van der Waals surface area contributed by atoms with Gasteiger partial charge in [0.05, 0.1) is 71.5 Å². The maximum Gasteiger partial charge on any atom is 0.163 e. The Morgan fingerprint density at radius 2 is 0.614 bits per heavy atom. The molecule has 0 atom stereocenters. The molecule has 0 saturated heterocycles. The van der Waals surface area contributed by atoms with Crippen LogP contribution in [0.4, 0.5) is 5.69 Å². The molecule has 9 heterocycles. The highest BCUT2D eigenvalue weighted by Gasteiger charge is 2.46. The van der Waals surface area contributed by atoms with Crippen LogP contribution in [0, 0.1) is 40.3 Å². The molecule has 0 amide bonds. The number of nitrogens with one attached hydrogen (secondary N) is 5. The first-order valence-corrected chi connectivity index (χ1v) is 32.7. The predicted molar refractivity (Wildman–Crippen MR) is 368 cm³/mol. The summed E-state index contributed by atoms with van der Waals surface area (Å²) in [5, 5.41) is 30.3. The Balaban J connectivity index is 1.20. The Labute approximate surface area is 511 Å². The molecule has 8 heteroatoms. The van der Waals surface area contributed by atoms with Gasteiger partial charge in [-0.3, -0.25) is 5.32 Å². The SMILES string of the molecule is CC(C)C1=c2c3c4c(c5ccccc25)[C+](C(C)C)C(=C2N=c5c6c(c7ccccc7c5=C2C(C)C)=C(C(C)C)C(=c2[nH]c5c7[nH]c(c(C(C)C)c7c7ccccc7c5c2C(C)C)=c2[nH]c5c7[nH]c(c(C(C)C)c7c7ccccc7c5c2C(C)C)=C1N=3)N=6)N4. The van der Waals surface area contributed by atoms with Gasteiger partial charge >= 0.3 is 0 Å². The van der Waals surface area contributed by atoms with Gasteiger partial charge in [0.15, 0.2) is 17.1 Å². The van der Waals surface area contributed by atoms with E-state index in [1.165, 1.54) is 131 Å². The summed E-state index contributed by atoms with van der Waals surface area (Å²) >= 11 is 0. The predicted octanol–water partition coefficient (Wildman–Crippen LogP) is 15.2. The molecule has 0 saturated carbocycles. The molecule has 17 rings (SSSR count). The number of allylic oxidation sites excluding steroid dienone is 2. The normalized spacial score (nSPS) is 15.4. The van der Waals surface area contributed by atoms with Crippen LogP contribution in [0.25, 0.3) is 115 Å². The van der Waals surface area contributed by atoms with E-state index in [1.807, 2.05) is 0 Å². The number of rotatable bonds is 8. The number of hydrogen-bond acceptors (Lipinski definition) is 4. The van der Waals surface area contributed by atoms with Crippen LogP contribution in [0.15, 0.2) is 123 Å². The molecule has 0 radical (unpaired) electrons. The first kappa shape index (κ1) is 53.4. The van der Waals surface area contributed by atoms with Crippen LogP contribution >= 0.6 is 0 Å². The van der Waals surface area contributed by atoms with Gasteiger partial charge in [-0.25, -0.2) is 9.98 Å². The van der Waals surface area contributed by atoms with E-state index < -0.39 is 0 Å². The van der Waals surface area contributed by atoms with E-state index >= 15 is 0 Å². The molecule has 0 fully saturated rings. The minimum Gasteiger partial charge on any atom is -0.351 e. The highest BCUT2D eigenvalue weighted by atomic mass is 15.0. The molecular formula is C80H77N8+.